The van der Waals surface area contributed by atoms with Crippen LogP contribution < -0.4 is 0 Å². The second-order valence-electron chi connectivity index (χ2n) is 5.61. The molecule has 1 saturated heterocycles. The highest BCUT2D eigenvalue weighted by Gasteiger charge is 2.35. The molecule has 0 aliphatic carbocycles. The average Bonchev–Trinajstić information content (AvgIpc) is 2.16. The summed E-state index contributed by atoms with van der Waals surface area (Å²) in [6, 6.07) is 0. The number of hydrogen-bond acceptors (Lipinski definition) is 3. The minimum Gasteiger partial charge on any atom is -0.460 e. The lowest BCUT2D eigenvalue weighted by molar-refractivity contribution is -0.160. The van der Waals surface area contributed by atoms with Crippen LogP contribution >= 0.6 is 0 Å². The summed E-state index contributed by atoms with van der Waals surface area (Å²) in [5.41, 5.74) is -0.387. The number of ether oxygens (including phenoxy) is 2. The van der Waals surface area contributed by atoms with Crippen LogP contribution in [0.15, 0.2) is 0 Å². The molecule has 0 spiro atoms. The van der Waals surface area contributed by atoms with Gasteiger partial charge in [0.25, 0.3) is 0 Å². The Labute approximate surface area is 101 Å². The molecule has 0 aromatic rings. The maximum Gasteiger partial charge on any atom is 0.308 e. The van der Waals surface area contributed by atoms with Crippen molar-refractivity contribution in [2.45, 2.75) is 63.8 Å². The Kier molecular flexibility index (Phi) is 4.56. The number of carbonyl (C=O) groups excluding carboxylic acids is 1. The molecule has 1 atom stereocenters. The maximum atomic E-state index is 11.8. The molecule has 0 saturated carbocycles. The molecular weight excluding hydrogens is 220 g/mol. The van der Waals surface area contributed by atoms with E-state index in [9.17, 15) is 4.79 Å². The van der Waals surface area contributed by atoms with Crippen LogP contribution in [0, 0.1) is 0 Å². The van der Waals surface area contributed by atoms with Crippen LogP contribution in [0.3, 0.4) is 0 Å². The molecule has 0 aromatic carbocycles. The van der Waals surface area contributed by atoms with E-state index >= 15 is 0 Å². The van der Waals surface area contributed by atoms with Crippen molar-refractivity contribution in [3.05, 3.63) is 0 Å². The third kappa shape index (κ3) is 4.26. The second kappa shape index (κ2) is 5.32. The fraction of sp³-hybridized carbons (Fsp3) is 0.917. The van der Waals surface area contributed by atoms with Crippen LogP contribution in [-0.4, -0.2) is 32.9 Å². The Hall–Kier alpha value is -0.353. The average molecular weight is 244 g/mol. The van der Waals surface area contributed by atoms with E-state index in [4.69, 9.17) is 9.47 Å². The Morgan fingerprint density at radius 3 is 2.56 bits per heavy atom. The fourth-order valence-corrected chi connectivity index (χ4v) is 3.50. The van der Waals surface area contributed by atoms with Crippen molar-refractivity contribution >= 4 is 15.5 Å². The zero-order valence-corrected chi connectivity index (χ0v) is 12.4. The smallest absolute Gasteiger partial charge is 0.308 e. The quantitative estimate of drug-likeness (QED) is 0.561. The van der Waals surface area contributed by atoms with Crippen LogP contribution in [0.1, 0.15) is 46.5 Å². The van der Waals surface area contributed by atoms with E-state index < -0.39 is 0 Å². The standard InChI is InChI=1S/C12H24O3Si/c1-11(2,3)15-10(13)9-12(16-4)7-5-6-8-14-12/h5-9,16H2,1-4H3. The molecule has 0 radical (unpaired) electrons. The first-order valence-corrected chi connectivity index (χ1v) is 8.35. The van der Waals surface area contributed by atoms with Crippen molar-refractivity contribution < 1.29 is 14.3 Å². The monoisotopic (exact) mass is 244 g/mol. The van der Waals surface area contributed by atoms with Crippen molar-refractivity contribution in [3.63, 3.8) is 0 Å². The molecule has 0 N–H and O–H groups in total. The molecule has 94 valence electrons. The van der Waals surface area contributed by atoms with Gasteiger partial charge in [-0.2, -0.15) is 0 Å². The molecule has 1 rings (SSSR count). The first-order chi connectivity index (χ1) is 7.37. The lowest BCUT2D eigenvalue weighted by Gasteiger charge is -2.36. The number of hydrogen-bond donors (Lipinski definition) is 0. The van der Waals surface area contributed by atoms with Gasteiger partial charge in [-0.3, -0.25) is 4.79 Å². The summed E-state index contributed by atoms with van der Waals surface area (Å²) < 4.78 is 11.2. The molecule has 16 heavy (non-hydrogen) atoms. The van der Waals surface area contributed by atoms with Gasteiger partial charge in [-0.25, -0.2) is 0 Å². The molecular formula is C12H24O3Si. The predicted molar refractivity (Wildman–Crippen MR) is 67.4 cm³/mol. The van der Waals surface area contributed by atoms with Crippen molar-refractivity contribution in [1.29, 1.82) is 0 Å². The van der Waals surface area contributed by atoms with Gasteiger partial charge in [0.2, 0.25) is 0 Å². The van der Waals surface area contributed by atoms with Gasteiger partial charge in [0.1, 0.15) is 5.60 Å². The summed E-state index contributed by atoms with van der Waals surface area (Å²) in [4.78, 5) is 11.8. The number of rotatable bonds is 3. The van der Waals surface area contributed by atoms with E-state index in [1.54, 1.807) is 0 Å². The van der Waals surface area contributed by atoms with Crippen molar-refractivity contribution in [1.82, 2.24) is 0 Å². The molecule has 4 heteroatoms. The van der Waals surface area contributed by atoms with Gasteiger partial charge in [-0.15, -0.1) is 0 Å². The highest BCUT2D eigenvalue weighted by molar-refractivity contribution is 6.38. The van der Waals surface area contributed by atoms with E-state index in [-0.39, 0.29) is 26.3 Å². The first-order valence-electron chi connectivity index (χ1n) is 6.23. The topological polar surface area (TPSA) is 35.5 Å². The van der Waals surface area contributed by atoms with Crippen LogP contribution in [0.4, 0.5) is 0 Å². The van der Waals surface area contributed by atoms with Gasteiger partial charge in [-0.05, 0) is 40.0 Å². The summed E-state index contributed by atoms with van der Waals surface area (Å²) in [5, 5.41) is -0.124. The number of esters is 1. The summed E-state index contributed by atoms with van der Waals surface area (Å²) in [6.07, 6.45) is 3.80. The highest BCUT2D eigenvalue weighted by atomic mass is 28.2. The van der Waals surface area contributed by atoms with E-state index in [0.29, 0.717) is 6.42 Å². The highest BCUT2D eigenvalue weighted by Crippen LogP contribution is 2.28. The Morgan fingerprint density at radius 2 is 2.12 bits per heavy atom. The predicted octanol–water partition coefficient (Wildman–Crippen LogP) is 1.83. The van der Waals surface area contributed by atoms with E-state index in [0.717, 1.165) is 19.4 Å². The van der Waals surface area contributed by atoms with E-state index in [1.807, 2.05) is 20.8 Å². The summed E-state index contributed by atoms with van der Waals surface area (Å²) >= 11 is 0. The van der Waals surface area contributed by atoms with Crippen LogP contribution in [0.25, 0.3) is 0 Å². The largest absolute Gasteiger partial charge is 0.460 e. The van der Waals surface area contributed by atoms with Crippen molar-refractivity contribution in [2.24, 2.45) is 0 Å². The zero-order valence-electron chi connectivity index (χ0n) is 11.0. The molecule has 0 amide bonds. The van der Waals surface area contributed by atoms with Crippen molar-refractivity contribution in [2.75, 3.05) is 6.61 Å². The third-order valence-electron chi connectivity index (χ3n) is 2.97. The summed E-state index contributed by atoms with van der Waals surface area (Å²) in [6.45, 7) is 8.74. The molecule has 1 fully saturated rings. The van der Waals surface area contributed by atoms with Crippen molar-refractivity contribution in [3.8, 4) is 0 Å². The molecule has 0 aromatic heterocycles. The molecule has 1 heterocycles. The van der Waals surface area contributed by atoms with Gasteiger partial charge in [0.05, 0.1) is 21.2 Å². The second-order valence-corrected chi connectivity index (χ2v) is 7.60. The first kappa shape index (κ1) is 13.7. The molecule has 3 nitrogen and oxygen atoms in total. The maximum absolute atomic E-state index is 11.8. The summed E-state index contributed by atoms with van der Waals surface area (Å²) in [7, 11) is -0.358. The lowest BCUT2D eigenvalue weighted by Crippen LogP contribution is -2.44. The normalized spacial score (nSPS) is 27.2. The lowest BCUT2D eigenvalue weighted by atomic mass is 10.1. The van der Waals surface area contributed by atoms with Gasteiger partial charge in [0, 0.05) is 6.61 Å². The van der Waals surface area contributed by atoms with E-state index in [2.05, 4.69) is 6.55 Å². The Morgan fingerprint density at radius 1 is 1.44 bits per heavy atom. The van der Waals surface area contributed by atoms with Gasteiger partial charge in [0.15, 0.2) is 0 Å². The molecule has 1 aliphatic heterocycles. The minimum atomic E-state index is -0.387. The van der Waals surface area contributed by atoms with Crippen LogP contribution in [0.2, 0.25) is 6.55 Å². The Bertz CT molecular complexity index is 239. The van der Waals surface area contributed by atoms with Crippen LogP contribution in [0.5, 0.6) is 0 Å². The zero-order chi connectivity index (χ0) is 12.2. The van der Waals surface area contributed by atoms with Gasteiger partial charge >= 0.3 is 5.97 Å². The summed E-state index contributed by atoms with van der Waals surface area (Å²) in [5.74, 6) is -0.108. The molecule has 1 unspecified atom stereocenters. The van der Waals surface area contributed by atoms with Gasteiger partial charge < -0.3 is 9.47 Å². The van der Waals surface area contributed by atoms with Crippen LogP contribution in [-0.2, 0) is 14.3 Å². The number of carbonyl (C=O) groups is 1. The third-order valence-corrected chi connectivity index (χ3v) is 5.06. The minimum absolute atomic E-state index is 0.108. The molecule has 0 bridgehead atoms. The SMILES string of the molecule is C[SiH2]C1(CC(=O)OC(C)(C)C)CCCCO1. The van der Waals surface area contributed by atoms with Gasteiger partial charge in [-0.1, -0.05) is 6.55 Å². The Balaban J connectivity index is 2.52. The van der Waals surface area contributed by atoms with E-state index in [1.165, 1.54) is 6.42 Å². The fourth-order valence-electron chi connectivity index (χ4n) is 2.09. The molecule has 1 aliphatic rings.